The van der Waals surface area contributed by atoms with Crippen molar-refractivity contribution in [3.8, 4) is 11.4 Å². The number of aromatic nitrogens is 3. The number of carbonyl (C=O) groups excluding carboxylic acids is 1. The van der Waals surface area contributed by atoms with Gasteiger partial charge < -0.3 is 11.2 Å². The van der Waals surface area contributed by atoms with Gasteiger partial charge in [-0.25, -0.2) is 4.68 Å². The Kier molecular flexibility index (Phi) is 6.24. The maximum Gasteiger partial charge on any atom is 0.230 e. The molecule has 0 spiro atoms. The van der Waals surface area contributed by atoms with E-state index in [4.69, 9.17) is 17.4 Å². The molecule has 6 nitrogen and oxygen atoms in total. The standard InChI is InChI=1S/C18H26ClN5OS/c1-17(2,3)11-18(4,5)21-14(25)10-26-16-23-22-15(24(16)20)12-8-6-7-9-13(12)19/h6-9H,10-11,20H2,1-5H3,(H,21,25). The molecule has 8 heteroatoms. The van der Waals surface area contributed by atoms with Gasteiger partial charge in [-0.3, -0.25) is 4.79 Å². The van der Waals surface area contributed by atoms with Crippen LogP contribution in [0, 0.1) is 5.41 Å². The molecule has 0 saturated carbocycles. The fourth-order valence-corrected chi connectivity index (χ4v) is 3.99. The number of hydrogen-bond acceptors (Lipinski definition) is 5. The molecule has 1 amide bonds. The molecule has 0 aliphatic heterocycles. The zero-order chi connectivity index (χ0) is 19.5. The Hall–Kier alpha value is -1.73. The monoisotopic (exact) mass is 395 g/mol. The number of hydrogen-bond donors (Lipinski definition) is 2. The van der Waals surface area contributed by atoms with Crippen LogP contribution in [-0.4, -0.2) is 32.1 Å². The van der Waals surface area contributed by atoms with E-state index < -0.39 is 0 Å². The van der Waals surface area contributed by atoms with E-state index in [1.54, 1.807) is 6.07 Å². The van der Waals surface area contributed by atoms with Crippen LogP contribution in [0.4, 0.5) is 0 Å². The molecular weight excluding hydrogens is 370 g/mol. The van der Waals surface area contributed by atoms with Gasteiger partial charge in [-0.1, -0.05) is 56.3 Å². The highest BCUT2D eigenvalue weighted by Gasteiger charge is 2.27. The summed E-state index contributed by atoms with van der Waals surface area (Å²) in [6.07, 6.45) is 0.875. The van der Waals surface area contributed by atoms with Gasteiger partial charge in [-0.2, -0.15) is 0 Å². The molecule has 1 aromatic carbocycles. The molecule has 26 heavy (non-hydrogen) atoms. The van der Waals surface area contributed by atoms with Crippen LogP contribution in [0.3, 0.4) is 0 Å². The molecule has 2 aromatic rings. The molecule has 0 fully saturated rings. The van der Waals surface area contributed by atoms with Crippen LogP contribution in [0.15, 0.2) is 29.4 Å². The zero-order valence-electron chi connectivity index (χ0n) is 15.8. The molecule has 142 valence electrons. The summed E-state index contributed by atoms with van der Waals surface area (Å²) in [5.74, 6) is 6.70. The SMILES string of the molecule is CC(C)(C)CC(C)(C)NC(=O)CSc1nnc(-c2ccccc2Cl)n1N. The van der Waals surface area contributed by atoms with E-state index >= 15 is 0 Å². The van der Waals surface area contributed by atoms with Crippen molar-refractivity contribution < 1.29 is 4.79 Å². The molecule has 0 bridgehead atoms. The number of benzene rings is 1. The topological polar surface area (TPSA) is 85.8 Å². The summed E-state index contributed by atoms with van der Waals surface area (Å²) in [6.45, 7) is 10.5. The second-order valence-corrected chi connectivity index (χ2v) is 9.46. The molecule has 0 atom stereocenters. The third-order valence-electron chi connectivity index (χ3n) is 3.56. The quantitative estimate of drug-likeness (QED) is 0.574. The average molecular weight is 396 g/mol. The van der Waals surface area contributed by atoms with Gasteiger partial charge in [-0.15, -0.1) is 10.2 Å². The minimum Gasteiger partial charge on any atom is -0.350 e. The van der Waals surface area contributed by atoms with Crippen molar-refractivity contribution in [3.63, 3.8) is 0 Å². The number of halogens is 1. The first-order valence-corrected chi connectivity index (χ1v) is 9.74. The largest absolute Gasteiger partial charge is 0.350 e. The third kappa shape index (κ3) is 5.64. The predicted molar refractivity (Wildman–Crippen MR) is 108 cm³/mol. The number of nitrogens with two attached hydrogens (primary N) is 1. The maximum absolute atomic E-state index is 12.3. The molecule has 3 N–H and O–H groups in total. The van der Waals surface area contributed by atoms with Crippen LogP contribution >= 0.6 is 23.4 Å². The summed E-state index contributed by atoms with van der Waals surface area (Å²) < 4.78 is 1.36. The van der Waals surface area contributed by atoms with Crippen molar-refractivity contribution in [1.82, 2.24) is 20.2 Å². The van der Waals surface area contributed by atoms with E-state index in [2.05, 4.69) is 36.3 Å². The zero-order valence-corrected chi connectivity index (χ0v) is 17.4. The van der Waals surface area contributed by atoms with E-state index in [-0.39, 0.29) is 22.6 Å². The fourth-order valence-electron chi connectivity index (χ4n) is 3.12. The lowest BCUT2D eigenvalue weighted by Gasteiger charge is -2.33. The van der Waals surface area contributed by atoms with Crippen LogP contribution in [0.2, 0.25) is 5.02 Å². The van der Waals surface area contributed by atoms with Gasteiger partial charge in [0.15, 0.2) is 5.82 Å². The lowest BCUT2D eigenvalue weighted by atomic mass is 9.82. The molecule has 1 aromatic heterocycles. The second-order valence-electron chi connectivity index (χ2n) is 8.11. The molecule has 0 unspecified atom stereocenters. The number of rotatable bonds is 6. The Morgan fingerprint density at radius 3 is 2.50 bits per heavy atom. The molecule has 2 rings (SSSR count). The van der Waals surface area contributed by atoms with Crippen molar-refractivity contribution in [2.45, 2.75) is 51.7 Å². The summed E-state index contributed by atoms with van der Waals surface area (Å²) in [6, 6.07) is 7.28. The van der Waals surface area contributed by atoms with E-state index in [1.165, 1.54) is 16.4 Å². The van der Waals surface area contributed by atoms with Crippen molar-refractivity contribution in [3.05, 3.63) is 29.3 Å². The normalized spacial score (nSPS) is 12.2. The summed E-state index contributed by atoms with van der Waals surface area (Å²) >= 11 is 7.43. The highest BCUT2D eigenvalue weighted by Crippen LogP contribution is 2.28. The summed E-state index contributed by atoms with van der Waals surface area (Å²) in [5, 5.41) is 12.3. The number of nitrogen functional groups attached to an aromatic ring is 1. The summed E-state index contributed by atoms with van der Waals surface area (Å²) in [7, 11) is 0. The second kappa shape index (κ2) is 7.88. The number of amides is 1. The Morgan fingerprint density at radius 2 is 1.88 bits per heavy atom. The molecule has 0 aliphatic carbocycles. The fraction of sp³-hybridized carbons (Fsp3) is 0.500. The first-order valence-electron chi connectivity index (χ1n) is 8.38. The Labute approximate surface area is 163 Å². The summed E-state index contributed by atoms with van der Waals surface area (Å²) in [4.78, 5) is 12.3. The minimum atomic E-state index is -0.283. The Bertz CT molecular complexity index is 782. The maximum atomic E-state index is 12.3. The molecular formula is C18H26ClN5OS. The van der Waals surface area contributed by atoms with Gasteiger partial charge in [0.05, 0.1) is 10.8 Å². The molecule has 0 radical (unpaired) electrons. The average Bonchev–Trinajstić information content (AvgIpc) is 2.83. The van der Waals surface area contributed by atoms with Gasteiger partial charge in [0.2, 0.25) is 11.1 Å². The predicted octanol–water partition coefficient (Wildman–Crippen LogP) is 3.74. The Balaban J connectivity index is 2.00. The first-order chi connectivity index (χ1) is 12.0. The van der Waals surface area contributed by atoms with Crippen molar-refractivity contribution in [1.29, 1.82) is 0 Å². The highest BCUT2D eigenvalue weighted by molar-refractivity contribution is 7.99. The van der Waals surface area contributed by atoms with Gasteiger partial charge in [0, 0.05) is 11.1 Å². The number of thioether (sulfide) groups is 1. The first kappa shape index (κ1) is 20.6. The lowest BCUT2D eigenvalue weighted by Crippen LogP contribution is -2.46. The lowest BCUT2D eigenvalue weighted by molar-refractivity contribution is -0.120. The van der Waals surface area contributed by atoms with Crippen LogP contribution in [0.25, 0.3) is 11.4 Å². The van der Waals surface area contributed by atoms with Gasteiger partial charge in [0.25, 0.3) is 0 Å². The van der Waals surface area contributed by atoms with Crippen LogP contribution < -0.4 is 11.2 Å². The van der Waals surface area contributed by atoms with E-state index in [1.807, 2.05) is 32.0 Å². The minimum absolute atomic E-state index is 0.0634. The molecule has 0 aliphatic rings. The van der Waals surface area contributed by atoms with Crippen LogP contribution in [0.1, 0.15) is 41.0 Å². The Morgan fingerprint density at radius 1 is 1.23 bits per heavy atom. The third-order valence-corrected chi connectivity index (χ3v) is 4.83. The van der Waals surface area contributed by atoms with Gasteiger partial charge in [0.1, 0.15) is 0 Å². The van der Waals surface area contributed by atoms with E-state index in [9.17, 15) is 4.79 Å². The smallest absolute Gasteiger partial charge is 0.230 e. The number of nitrogens with one attached hydrogen (secondary N) is 1. The molecule has 1 heterocycles. The summed E-state index contributed by atoms with van der Waals surface area (Å²) in [5.41, 5.74) is 0.548. The number of carbonyl (C=O) groups is 1. The number of nitrogens with zero attached hydrogens (tertiary/aromatic N) is 3. The van der Waals surface area contributed by atoms with Crippen molar-refractivity contribution >= 4 is 29.3 Å². The highest BCUT2D eigenvalue weighted by atomic mass is 35.5. The van der Waals surface area contributed by atoms with Crippen molar-refractivity contribution in [2.24, 2.45) is 5.41 Å². The van der Waals surface area contributed by atoms with E-state index in [0.717, 1.165) is 6.42 Å². The van der Waals surface area contributed by atoms with Crippen LogP contribution in [-0.2, 0) is 4.79 Å². The molecule has 0 saturated heterocycles. The van der Waals surface area contributed by atoms with E-state index in [0.29, 0.717) is 21.6 Å². The van der Waals surface area contributed by atoms with Crippen molar-refractivity contribution in [2.75, 3.05) is 11.6 Å². The van der Waals surface area contributed by atoms with Gasteiger partial charge >= 0.3 is 0 Å². The van der Waals surface area contributed by atoms with Crippen LogP contribution in [0.5, 0.6) is 0 Å². The van der Waals surface area contributed by atoms with Gasteiger partial charge in [-0.05, 0) is 37.8 Å².